The van der Waals surface area contributed by atoms with E-state index >= 15 is 0 Å². The maximum absolute atomic E-state index is 14.4. The van der Waals surface area contributed by atoms with Crippen molar-refractivity contribution in [1.29, 1.82) is 0 Å². The number of ketones is 1. The van der Waals surface area contributed by atoms with Crippen molar-refractivity contribution >= 4 is 11.3 Å². The largest absolute Gasteiger partial charge is 0.493 e. The summed E-state index contributed by atoms with van der Waals surface area (Å²) in [6.45, 7) is -0.258. The van der Waals surface area contributed by atoms with E-state index in [1.165, 1.54) is 60.2 Å². The summed E-state index contributed by atoms with van der Waals surface area (Å²) in [6.07, 6.45) is -5.34. The molecule has 38 heavy (non-hydrogen) atoms. The number of aliphatic hydroxyl groups is 2. The maximum atomic E-state index is 14.4. The van der Waals surface area contributed by atoms with Crippen molar-refractivity contribution in [2.75, 3.05) is 20.3 Å². The quantitative estimate of drug-likeness (QED) is 0.222. The zero-order chi connectivity index (χ0) is 27.5. The lowest BCUT2D eigenvalue weighted by Crippen LogP contribution is -2.43. The normalized spacial score (nSPS) is 13.3. The summed E-state index contributed by atoms with van der Waals surface area (Å²) in [5.41, 5.74) is -3.73. The van der Waals surface area contributed by atoms with Crippen LogP contribution < -0.4 is 9.47 Å². The monoisotopic (exact) mass is 532 g/mol. The second-order valence-corrected chi connectivity index (χ2v) is 8.47. The Morgan fingerprint density at radius 1 is 1.05 bits per heavy atom. The van der Waals surface area contributed by atoms with Crippen LogP contribution in [0.5, 0.6) is 11.5 Å². The molecule has 2 aromatic heterocycles. The van der Waals surface area contributed by atoms with Crippen molar-refractivity contribution in [2.24, 2.45) is 0 Å². The average molecular weight is 532 g/mol. The first-order chi connectivity index (χ1) is 18.1. The van der Waals surface area contributed by atoms with Gasteiger partial charge in [-0.1, -0.05) is 6.07 Å². The van der Waals surface area contributed by atoms with E-state index < -0.39 is 41.9 Å². The van der Waals surface area contributed by atoms with Crippen molar-refractivity contribution in [3.8, 4) is 22.9 Å². The van der Waals surface area contributed by atoms with Gasteiger partial charge in [0, 0.05) is 23.7 Å². The number of fused-ring (bicyclic) bond motifs is 1. The van der Waals surface area contributed by atoms with Crippen LogP contribution in [0.1, 0.15) is 28.9 Å². The van der Waals surface area contributed by atoms with E-state index in [-0.39, 0.29) is 41.6 Å². The second kappa shape index (κ2) is 10.8. The molecule has 200 valence electrons. The molecule has 11 heteroatoms. The molecule has 0 spiro atoms. The van der Waals surface area contributed by atoms with Gasteiger partial charge in [-0.15, -0.1) is 0 Å². The van der Waals surface area contributed by atoms with Crippen LogP contribution in [0, 0.1) is 5.82 Å². The molecule has 1 atom stereocenters. The number of aliphatic hydroxyl groups excluding tert-OH is 1. The minimum Gasteiger partial charge on any atom is -0.493 e. The van der Waals surface area contributed by atoms with E-state index in [4.69, 9.17) is 14.6 Å². The van der Waals surface area contributed by atoms with Gasteiger partial charge in [0.05, 0.1) is 19.2 Å². The van der Waals surface area contributed by atoms with Gasteiger partial charge in [0.1, 0.15) is 23.9 Å². The number of methoxy groups -OCH3 is 1. The summed E-state index contributed by atoms with van der Waals surface area (Å²) in [5.74, 6) is -0.693. The first kappa shape index (κ1) is 27.1. The van der Waals surface area contributed by atoms with Crippen molar-refractivity contribution in [3.05, 3.63) is 83.9 Å². The summed E-state index contributed by atoms with van der Waals surface area (Å²) < 4.78 is 68.5. The van der Waals surface area contributed by atoms with Crippen LogP contribution in [0.25, 0.3) is 16.9 Å². The highest BCUT2D eigenvalue weighted by atomic mass is 19.4. The van der Waals surface area contributed by atoms with Crippen LogP contribution in [0.2, 0.25) is 0 Å². The number of hydrogen-bond acceptors (Lipinski definition) is 6. The Balaban J connectivity index is 1.69. The highest BCUT2D eigenvalue weighted by molar-refractivity contribution is 5.96. The summed E-state index contributed by atoms with van der Waals surface area (Å²) in [5, 5.41) is 20.0. The molecule has 1 unspecified atom stereocenters. The molecule has 4 aromatic rings. The van der Waals surface area contributed by atoms with Gasteiger partial charge < -0.3 is 19.7 Å². The minimum atomic E-state index is -5.17. The average Bonchev–Trinajstić information content (AvgIpc) is 3.30. The third kappa shape index (κ3) is 5.20. The Labute approximate surface area is 214 Å². The standard InChI is InChI=1S/C27H24F4N2O5/c1-37-23-16-18(7-10-22(23)38-15-14-34)21(35)11-12-26(36,27(29,30)31)24-20-4-2-3-13-33(20)25(32-24)17-5-8-19(28)9-6-17/h2-10,13,16,34,36H,11-12,14-15H2,1H3. The molecule has 0 radical (unpaired) electrons. The van der Waals surface area contributed by atoms with Gasteiger partial charge >= 0.3 is 6.18 Å². The van der Waals surface area contributed by atoms with Gasteiger partial charge in [0.2, 0.25) is 5.60 Å². The zero-order valence-corrected chi connectivity index (χ0v) is 20.2. The predicted octanol–water partition coefficient (Wildman–Crippen LogP) is 4.93. The maximum Gasteiger partial charge on any atom is 0.423 e. The van der Waals surface area contributed by atoms with Crippen molar-refractivity contribution < 1.29 is 42.0 Å². The van der Waals surface area contributed by atoms with Crippen LogP contribution in [0.4, 0.5) is 17.6 Å². The molecule has 0 bridgehead atoms. The van der Waals surface area contributed by atoms with Gasteiger partial charge in [0.15, 0.2) is 17.3 Å². The van der Waals surface area contributed by atoms with Crippen LogP contribution in [-0.2, 0) is 5.60 Å². The van der Waals surface area contributed by atoms with Crippen molar-refractivity contribution in [2.45, 2.75) is 24.6 Å². The van der Waals surface area contributed by atoms with E-state index in [1.807, 2.05) is 0 Å². The zero-order valence-electron chi connectivity index (χ0n) is 20.2. The number of ether oxygens (including phenoxy) is 2. The molecular formula is C27H24F4N2O5. The Morgan fingerprint density at radius 2 is 1.79 bits per heavy atom. The number of carbonyl (C=O) groups excluding carboxylic acids is 1. The van der Waals surface area contributed by atoms with E-state index in [0.29, 0.717) is 5.56 Å². The molecular weight excluding hydrogens is 508 g/mol. The fraction of sp³-hybridized carbons (Fsp3) is 0.259. The Hall–Kier alpha value is -3.96. The van der Waals surface area contributed by atoms with E-state index in [1.54, 1.807) is 6.07 Å². The lowest BCUT2D eigenvalue weighted by Gasteiger charge is -2.29. The highest BCUT2D eigenvalue weighted by Gasteiger charge is 2.57. The molecule has 0 saturated heterocycles. The Kier molecular flexibility index (Phi) is 7.70. The third-order valence-corrected chi connectivity index (χ3v) is 6.06. The number of imidazole rings is 1. The Morgan fingerprint density at radius 3 is 2.45 bits per heavy atom. The van der Waals surface area contributed by atoms with E-state index in [0.717, 1.165) is 12.1 Å². The van der Waals surface area contributed by atoms with E-state index in [9.17, 15) is 27.5 Å². The second-order valence-electron chi connectivity index (χ2n) is 8.47. The Bertz CT molecular complexity index is 1440. The lowest BCUT2D eigenvalue weighted by atomic mass is 9.90. The SMILES string of the molecule is COc1cc(C(=O)CCC(O)(c2nc(-c3ccc(F)cc3)n3ccccc23)C(F)(F)F)ccc1OCCO. The molecule has 0 aliphatic carbocycles. The van der Waals surface area contributed by atoms with Crippen molar-refractivity contribution in [3.63, 3.8) is 0 Å². The van der Waals surface area contributed by atoms with Gasteiger partial charge in [-0.3, -0.25) is 9.20 Å². The summed E-state index contributed by atoms with van der Waals surface area (Å²) in [7, 11) is 1.33. The smallest absolute Gasteiger partial charge is 0.423 e. The van der Waals surface area contributed by atoms with Gasteiger partial charge in [0.25, 0.3) is 0 Å². The number of halogens is 4. The minimum absolute atomic E-state index is 0.00819. The number of nitrogens with zero attached hydrogens (tertiary/aromatic N) is 2. The number of hydrogen-bond donors (Lipinski definition) is 2. The topological polar surface area (TPSA) is 93.3 Å². The first-order valence-corrected chi connectivity index (χ1v) is 11.6. The molecule has 7 nitrogen and oxygen atoms in total. The summed E-state index contributed by atoms with van der Waals surface area (Å²) >= 11 is 0. The summed E-state index contributed by atoms with van der Waals surface area (Å²) in [6, 6.07) is 13.6. The molecule has 2 N–H and O–H groups in total. The number of benzene rings is 2. The van der Waals surface area contributed by atoms with Gasteiger partial charge in [-0.05, 0) is 61.0 Å². The van der Waals surface area contributed by atoms with Crippen LogP contribution in [0.3, 0.4) is 0 Å². The number of alkyl halides is 3. The molecule has 4 rings (SSSR count). The van der Waals surface area contributed by atoms with Crippen LogP contribution >= 0.6 is 0 Å². The fourth-order valence-corrected chi connectivity index (χ4v) is 4.09. The predicted molar refractivity (Wildman–Crippen MR) is 130 cm³/mol. The molecule has 0 aliphatic heterocycles. The fourth-order valence-electron chi connectivity index (χ4n) is 4.09. The first-order valence-electron chi connectivity index (χ1n) is 11.6. The number of carbonyl (C=O) groups is 1. The van der Waals surface area contributed by atoms with Gasteiger partial charge in [-0.2, -0.15) is 13.2 Å². The third-order valence-electron chi connectivity index (χ3n) is 6.06. The molecule has 0 aliphatic rings. The van der Waals surface area contributed by atoms with Crippen molar-refractivity contribution in [1.82, 2.24) is 9.38 Å². The number of rotatable bonds is 10. The number of pyridine rings is 1. The van der Waals surface area contributed by atoms with Crippen LogP contribution in [0.15, 0.2) is 66.9 Å². The number of aromatic nitrogens is 2. The molecule has 0 amide bonds. The molecule has 0 fully saturated rings. The lowest BCUT2D eigenvalue weighted by molar-refractivity contribution is -0.269. The molecule has 2 heterocycles. The van der Waals surface area contributed by atoms with Crippen LogP contribution in [-0.4, -0.2) is 51.9 Å². The summed E-state index contributed by atoms with van der Waals surface area (Å²) in [4.78, 5) is 17.0. The highest BCUT2D eigenvalue weighted by Crippen LogP contribution is 2.45. The van der Waals surface area contributed by atoms with E-state index in [2.05, 4.69) is 4.98 Å². The van der Waals surface area contributed by atoms with Gasteiger partial charge in [-0.25, -0.2) is 9.37 Å². The molecule has 0 saturated carbocycles. The molecule has 2 aromatic carbocycles. The number of Topliss-reactive ketones (excluding diaryl/α,β-unsaturated/α-hetero) is 1.